The number of carbonyl (C=O) groups is 2. The Hall–Kier alpha value is -4.05. The number of nitrogens with one attached hydrogen (secondary N) is 3. The first-order valence-electron chi connectivity index (χ1n) is 14.0. The average Bonchev–Trinajstić information content (AvgIpc) is 3.40. The molecule has 0 saturated carbocycles. The Morgan fingerprint density at radius 2 is 1.95 bits per heavy atom. The molecule has 4 heterocycles. The van der Waals surface area contributed by atoms with E-state index in [4.69, 9.17) is 9.97 Å². The highest BCUT2D eigenvalue weighted by Gasteiger charge is 2.19. The minimum atomic E-state index is -0.190. The van der Waals surface area contributed by atoms with Gasteiger partial charge in [0.15, 0.2) is 5.65 Å². The molecule has 0 radical (unpaired) electrons. The van der Waals surface area contributed by atoms with E-state index in [9.17, 15) is 9.59 Å². The molecule has 10 nitrogen and oxygen atoms in total. The van der Waals surface area contributed by atoms with E-state index in [2.05, 4.69) is 32.9 Å². The van der Waals surface area contributed by atoms with Crippen molar-refractivity contribution in [2.75, 3.05) is 37.6 Å². The summed E-state index contributed by atoms with van der Waals surface area (Å²) in [6.45, 7) is 14.2. The Bertz CT molecular complexity index is 1400. The van der Waals surface area contributed by atoms with Crippen LogP contribution in [0.1, 0.15) is 63.9 Å². The predicted molar refractivity (Wildman–Crippen MR) is 159 cm³/mol. The molecule has 1 aliphatic heterocycles. The van der Waals surface area contributed by atoms with Crippen molar-refractivity contribution < 1.29 is 9.59 Å². The SMILES string of the molecule is CCCC(/C=C(/C)NC=O)=C(/C)CNC(=O)c1cc(-c2ccc(N3CCNCC3)nc2)nc2c1cnn2C(C)C. The number of fused-ring (bicyclic) bond motifs is 1. The van der Waals surface area contributed by atoms with Gasteiger partial charge in [-0.1, -0.05) is 18.9 Å². The second kappa shape index (κ2) is 13.3. The number of hydrogen-bond acceptors (Lipinski definition) is 7. The molecular formula is C30H40N8O2. The van der Waals surface area contributed by atoms with Gasteiger partial charge in [0, 0.05) is 56.2 Å². The predicted octanol–water partition coefficient (Wildman–Crippen LogP) is 3.98. The summed E-state index contributed by atoms with van der Waals surface area (Å²) in [6, 6.07) is 5.95. The molecule has 0 unspecified atom stereocenters. The Labute approximate surface area is 235 Å². The van der Waals surface area contributed by atoms with Gasteiger partial charge in [-0.3, -0.25) is 9.59 Å². The number of rotatable bonds is 11. The highest BCUT2D eigenvalue weighted by molar-refractivity contribution is 6.06. The van der Waals surface area contributed by atoms with E-state index in [0.29, 0.717) is 35.2 Å². The van der Waals surface area contributed by atoms with Gasteiger partial charge in [0.1, 0.15) is 5.82 Å². The molecule has 2 amide bonds. The summed E-state index contributed by atoms with van der Waals surface area (Å²) in [7, 11) is 0. The largest absolute Gasteiger partial charge is 0.354 e. The van der Waals surface area contributed by atoms with E-state index in [1.54, 1.807) is 6.20 Å². The van der Waals surface area contributed by atoms with Crippen LogP contribution < -0.4 is 20.9 Å². The maximum atomic E-state index is 13.6. The van der Waals surface area contributed by atoms with Gasteiger partial charge < -0.3 is 20.9 Å². The zero-order chi connectivity index (χ0) is 28.6. The molecule has 3 N–H and O–H groups in total. The van der Waals surface area contributed by atoms with Crippen molar-refractivity contribution >= 4 is 29.2 Å². The lowest BCUT2D eigenvalue weighted by Gasteiger charge is -2.28. The van der Waals surface area contributed by atoms with Crippen LogP contribution in [-0.2, 0) is 4.79 Å². The summed E-state index contributed by atoms with van der Waals surface area (Å²) < 4.78 is 1.84. The number of nitrogens with zero attached hydrogens (tertiary/aromatic N) is 5. The van der Waals surface area contributed by atoms with Crippen LogP contribution in [0.3, 0.4) is 0 Å². The van der Waals surface area contributed by atoms with E-state index in [1.165, 1.54) is 0 Å². The van der Waals surface area contributed by atoms with Gasteiger partial charge in [0.25, 0.3) is 5.91 Å². The third-order valence-corrected chi connectivity index (χ3v) is 7.04. The number of pyridine rings is 2. The van der Waals surface area contributed by atoms with Gasteiger partial charge >= 0.3 is 0 Å². The summed E-state index contributed by atoms with van der Waals surface area (Å²) in [4.78, 5) is 36.3. The molecule has 0 aliphatic carbocycles. The van der Waals surface area contributed by atoms with Crippen LogP contribution in [0.5, 0.6) is 0 Å². The number of aromatic nitrogens is 4. The number of hydrogen-bond donors (Lipinski definition) is 3. The molecule has 1 saturated heterocycles. The fourth-order valence-electron chi connectivity index (χ4n) is 4.85. The van der Waals surface area contributed by atoms with Crippen LogP contribution in [0.25, 0.3) is 22.3 Å². The van der Waals surface area contributed by atoms with Gasteiger partial charge in [0.05, 0.1) is 22.8 Å². The number of anilines is 1. The summed E-state index contributed by atoms with van der Waals surface area (Å²) in [5, 5.41) is 14.4. The lowest BCUT2D eigenvalue weighted by Crippen LogP contribution is -2.43. The summed E-state index contributed by atoms with van der Waals surface area (Å²) in [5.41, 5.74) is 5.62. The number of amides is 2. The van der Waals surface area contributed by atoms with Crippen molar-refractivity contribution in [1.29, 1.82) is 0 Å². The minimum absolute atomic E-state index is 0.0844. The Kier molecular flexibility index (Phi) is 9.65. The molecule has 40 heavy (non-hydrogen) atoms. The molecule has 3 aromatic rings. The number of allylic oxidation sites excluding steroid dienone is 3. The minimum Gasteiger partial charge on any atom is -0.354 e. The second-order valence-electron chi connectivity index (χ2n) is 10.4. The second-order valence-corrected chi connectivity index (χ2v) is 10.4. The zero-order valence-electron chi connectivity index (χ0n) is 24.1. The Balaban J connectivity index is 1.65. The fraction of sp³-hybridized carbons (Fsp3) is 0.433. The van der Waals surface area contributed by atoms with Crippen molar-refractivity contribution in [2.24, 2.45) is 0 Å². The van der Waals surface area contributed by atoms with Gasteiger partial charge in [-0.15, -0.1) is 0 Å². The summed E-state index contributed by atoms with van der Waals surface area (Å²) in [5.74, 6) is 0.749. The van der Waals surface area contributed by atoms with Crippen molar-refractivity contribution in [3.05, 3.63) is 59.1 Å². The molecule has 0 atom stereocenters. The first-order valence-corrected chi connectivity index (χ1v) is 14.0. The number of carbonyl (C=O) groups excluding carboxylic acids is 2. The lowest BCUT2D eigenvalue weighted by molar-refractivity contribution is -0.108. The number of piperazine rings is 1. The molecule has 1 fully saturated rings. The van der Waals surface area contributed by atoms with Crippen LogP contribution in [0, 0.1) is 0 Å². The van der Waals surface area contributed by atoms with Gasteiger partial charge in [-0.25, -0.2) is 14.6 Å². The molecule has 1 aliphatic rings. The van der Waals surface area contributed by atoms with Crippen molar-refractivity contribution in [2.45, 2.75) is 53.5 Å². The monoisotopic (exact) mass is 544 g/mol. The van der Waals surface area contributed by atoms with Crippen molar-refractivity contribution in [3.8, 4) is 11.3 Å². The van der Waals surface area contributed by atoms with Crippen LogP contribution in [0.15, 0.2) is 53.5 Å². The smallest absolute Gasteiger partial charge is 0.252 e. The average molecular weight is 545 g/mol. The maximum absolute atomic E-state index is 13.6. The van der Waals surface area contributed by atoms with E-state index in [0.717, 1.165) is 67.2 Å². The van der Waals surface area contributed by atoms with E-state index in [1.807, 2.05) is 62.8 Å². The molecule has 3 aromatic heterocycles. The third-order valence-electron chi connectivity index (χ3n) is 7.04. The van der Waals surface area contributed by atoms with Crippen LogP contribution in [0.2, 0.25) is 0 Å². The van der Waals surface area contributed by atoms with Crippen LogP contribution >= 0.6 is 0 Å². The molecular weight excluding hydrogens is 504 g/mol. The van der Waals surface area contributed by atoms with Gasteiger partial charge in [0.2, 0.25) is 6.41 Å². The van der Waals surface area contributed by atoms with Gasteiger partial charge in [-0.05, 0) is 64.0 Å². The molecule has 0 spiro atoms. The standard InChI is InChI=1S/C30H40N8O2/c1-6-7-23(14-22(5)34-19-39)21(4)16-33-30(40)25-15-27(36-29-26(25)18-35-38(29)20(2)3)24-8-9-28(32-17-24)37-12-10-31-11-13-37/h8-9,14-15,17-20,31H,6-7,10-13,16H2,1-5H3,(H,33,40)(H,34,39)/b22-14-,23-21+. The first kappa shape index (κ1) is 28.9. The first-order chi connectivity index (χ1) is 19.3. The quantitative estimate of drug-likeness (QED) is 0.247. The summed E-state index contributed by atoms with van der Waals surface area (Å²) >= 11 is 0. The molecule has 0 aromatic carbocycles. The van der Waals surface area contributed by atoms with E-state index < -0.39 is 0 Å². The van der Waals surface area contributed by atoms with Crippen molar-refractivity contribution in [1.82, 2.24) is 35.7 Å². The van der Waals surface area contributed by atoms with E-state index >= 15 is 0 Å². The topological polar surface area (TPSA) is 117 Å². The van der Waals surface area contributed by atoms with Crippen LogP contribution in [-0.4, -0.2) is 64.8 Å². The Morgan fingerprint density at radius 1 is 1.18 bits per heavy atom. The van der Waals surface area contributed by atoms with Gasteiger partial charge in [-0.2, -0.15) is 5.10 Å². The summed E-state index contributed by atoms with van der Waals surface area (Å²) in [6.07, 6.45) is 7.98. The molecule has 0 bridgehead atoms. The maximum Gasteiger partial charge on any atom is 0.252 e. The zero-order valence-corrected chi connectivity index (χ0v) is 24.1. The fourth-order valence-corrected chi connectivity index (χ4v) is 4.85. The molecule has 212 valence electrons. The highest BCUT2D eigenvalue weighted by Crippen LogP contribution is 2.27. The third kappa shape index (κ3) is 6.74. The Morgan fingerprint density at radius 3 is 2.60 bits per heavy atom. The molecule has 10 heteroatoms. The highest BCUT2D eigenvalue weighted by atomic mass is 16.1. The van der Waals surface area contributed by atoms with Crippen LogP contribution in [0.4, 0.5) is 5.82 Å². The molecule has 4 rings (SSSR count). The lowest BCUT2D eigenvalue weighted by atomic mass is 10.0. The normalized spacial score (nSPS) is 14.8. The van der Waals surface area contributed by atoms with E-state index in [-0.39, 0.29) is 11.9 Å². The van der Waals surface area contributed by atoms with Crippen molar-refractivity contribution in [3.63, 3.8) is 0 Å².